The summed E-state index contributed by atoms with van der Waals surface area (Å²) in [5.41, 5.74) is 5.75. The Hall–Kier alpha value is -1.11. The van der Waals surface area contributed by atoms with Crippen LogP contribution in [0.5, 0.6) is 0 Å². The molecule has 2 atom stereocenters. The van der Waals surface area contributed by atoms with Crippen LogP contribution in [0.2, 0.25) is 0 Å². The molecule has 2 rings (SSSR count). The Balaban J connectivity index is 0.00000220. The third-order valence-corrected chi connectivity index (χ3v) is 4.69. The van der Waals surface area contributed by atoms with Gasteiger partial charge < -0.3 is 16.0 Å². The van der Waals surface area contributed by atoms with Crippen molar-refractivity contribution in [3.8, 4) is 0 Å². The van der Waals surface area contributed by atoms with E-state index < -0.39 is 6.04 Å². The molecule has 0 bridgehead atoms. The van der Waals surface area contributed by atoms with Crippen molar-refractivity contribution < 1.29 is 9.59 Å². The van der Waals surface area contributed by atoms with Gasteiger partial charge in [0.1, 0.15) is 6.04 Å². The third kappa shape index (κ3) is 4.18. The highest BCUT2D eigenvalue weighted by Gasteiger charge is 2.36. The normalized spacial score (nSPS) is 22.5. The molecule has 1 saturated heterocycles. The first-order chi connectivity index (χ1) is 9.45. The lowest BCUT2D eigenvalue weighted by Crippen LogP contribution is -2.46. The highest BCUT2D eigenvalue weighted by atomic mass is 35.5. The summed E-state index contributed by atoms with van der Waals surface area (Å²) in [5, 5.41) is 4.60. The van der Waals surface area contributed by atoms with Crippen molar-refractivity contribution >= 4 is 35.6 Å². The molecule has 2 amide bonds. The van der Waals surface area contributed by atoms with Crippen LogP contribution in [-0.2, 0) is 4.79 Å². The van der Waals surface area contributed by atoms with Crippen LogP contribution >= 0.6 is 23.7 Å². The summed E-state index contributed by atoms with van der Waals surface area (Å²) < 4.78 is 0. The van der Waals surface area contributed by atoms with E-state index in [4.69, 9.17) is 5.73 Å². The van der Waals surface area contributed by atoms with Gasteiger partial charge in [-0.25, -0.2) is 0 Å². The molecule has 5 nitrogen and oxygen atoms in total. The number of carbonyl (C=O) groups excluding carboxylic acids is 2. The zero-order chi connectivity index (χ0) is 14.8. The van der Waals surface area contributed by atoms with E-state index in [9.17, 15) is 9.59 Å². The molecule has 1 aliphatic rings. The van der Waals surface area contributed by atoms with E-state index in [1.807, 2.05) is 11.4 Å². The average molecular weight is 332 g/mol. The van der Waals surface area contributed by atoms with Gasteiger partial charge in [0.15, 0.2) is 0 Å². The molecule has 0 spiro atoms. The molecule has 1 aromatic rings. The Morgan fingerprint density at radius 3 is 2.81 bits per heavy atom. The Kier molecular flexibility index (Phi) is 6.19. The van der Waals surface area contributed by atoms with Crippen molar-refractivity contribution in [2.75, 3.05) is 19.6 Å². The number of nitrogens with two attached hydrogens (primary N) is 1. The number of amides is 2. The summed E-state index contributed by atoms with van der Waals surface area (Å²) in [7, 11) is 0. The lowest BCUT2D eigenvalue weighted by Gasteiger charge is -2.25. The fourth-order valence-corrected chi connectivity index (χ4v) is 3.02. The van der Waals surface area contributed by atoms with Crippen molar-refractivity contribution in [2.45, 2.75) is 26.3 Å². The molecule has 0 radical (unpaired) electrons. The van der Waals surface area contributed by atoms with Crippen LogP contribution < -0.4 is 11.1 Å². The minimum atomic E-state index is -0.510. The number of thiophene rings is 1. The predicted molar refractivity (Wildman–Crippen MR) is 86.9 cm³/mol. The van der Waals surface area contributed by atoms with E-state index in [2.05, 4.69) is 12.2 Å². The molecule has 7 heteroatoms. The fourth-order valence-electron chi connectivity index (χ4n) is 2.39. The van der Waals surface area contributed by atoms with Gasteiger partial charge in [-0.3, -0.25) is 9.59 Å². The van der Waals surface area contributed by atoms with Gasteiger partial charge in [-0.2, -0.15) is 0 Å². The summed E-state index contributed by atoms with van der Waals surface area (Å²) in [4.78, 5) is 26.7. The van der Waals surface area contributed by atoms with Crippen LogP contribution in [0.3, 0.4) is 0 Å². The molecular weight excluding hydrogens is 310 g/mol. The van der Waals surface area contributed by atoms with E-state index in [0.717, 1.165) is 6.42 Å². The van der Waals surface area contributed by atoms with Crippen LogP contribution in [0.25, 0.3) is 0 Å². The second kappa shape index (κ2) is 7.24. The maximum atomic E-state index is 12.3. The Bertz CT molecular complexity index is 494. The topological polar surface area (TPSA) is 75.4 Å². The molecule has 21 heavy (non-hydrogen) atoms. The average Bonchev–Trinajstić information content (AvgIpc) is 3.07. The minimum absolute atomic E-state index is 0. The molecule has 0 saturated carbocycles. The maximum absolute atomic E-state index is 12.3. The molecule has 1 aliphatic heterocycles. The lowest BCUT2D eigenvalue weighted by atomic mass is 9.90. The SMILES string of the molecule is CC(NC(=O)c1cccs1)C(=O)N1CCC(C)(CN)C1.Cl. The number of rotatable bonds is 4. The van der Waals surface area contributed by atoms with Gasteiger partial charge in [0, 0.05) is 13.1 Å². The quantitative estimate of drug-likeness (QED) is 0.877. The van der Waals surface area contributed by atoms with Crippen LogP contribution in [0.4, 0.5) is 0 Å². The van der Waals surface area contributed by atoms with Crippen LogP contribution in [0, 0.1) is 5.41 Å². The van der Waals surface area contributed by atoms with Crippen molar-refractivity contribution in [2.24, 2.45) is 11.1 Å². The van der Waals surface area contributed by atoms with Gasteiger partial charge in [0.05, 0.1) is 4.88 Å². The number of hydrogen-bond donors (Lipinski definition) is 2. The second-order valence-corrected chi connectivity index (χ2v) is 6.64. The molecule has 2 unspecified atom stereocenters. The molecular formula is C14H22ClN3O2S. The Labute approximate surface area is 135 Å². The smallest absolute Gasteiger partial charge is 0.261 e. The summed E-state index contributed by atoms with van der Waals surface area (Å²) in [6, 6.07) is 3.06. The first kappa shape index (κ1) is 17.9. The number of hydrogen-bond acceptors (Lipinski definition) is 4. The molecule has 0 aliphatic carbocycles. The van der Waals surface area contributed by atoms with Gasteiger partial charge in [-0.1, -0.05) is 13.0 Å². The number of likely N-dealkylation sites (tertiary alicyclic amines) is 1. The number of nitrogens with zero attached hydrogens (tertiary/aromatic N) is 1. The zero-order valence-corrected chi connectivity index (χ0v) is 13.9. The van der Waals surface area contributed by atoms with Crippen molar-refractivity contribution in [1.82, 2.24) is 10.2 Å². The van der Waals surface area contributed by atoms with Gasteiger partial charge in [-0.15, -0.1) is 23.7 Å². The zero-order valence-electron chi connectivity index (χ0n) is 12.3. The number of carbonyl (C=O) groups is 2. The minimum Gasteiger partial charge on any atom is -0.340 e. The first-order valence-corrected chi connectivity index (χ1v) is 7.66. The number of nitrogens with one attached hydrogen (secondary N) is 1. The van der Waals surface area contributed by atoms with Gasteiger partial charge in [0.2, 0.25) is 5.91 Å². The highest BCUT2D eigenvalue weighted by molar-refractivity contribution is 7.12. The summed E-state index contributed by atoms with van der Waals surface area (Å²) >= 11 is 1.37. The summed E-state index contributed by atoms with van der Waals surface area (Å²) in [6.45, 7) is 5.78. The lowest BCUT2D eigenvalue weighted by molar-refractivity contribution is -0.132. The summed E-state index contributed by atoms with van der Waals surface area (Å²) in [6.07, 6.45) is 0.917. The van der Waals surface area contributed by atoms with Gasteiger partial charge in [0.25, 0.3) is 5.91 Å². The maximum Gasteiger partial charge on any atom is 0.261 e. The summed E-state index contributed by atoms with van der Waals surface area (Å²) in [5.74, 6) is -0.228. The van der Waals surface area contributed by atoms with Crippen LogP contribution in [-0.4, -0.2) is 42.4 Å². The predicted octanol–water partition coefficient (Wildman–Crippen LogP) is 1.49. The molecule has 118 valence electrons. The largest absolute Gasteiger partial charge is 0.340 e. The Morgan fingerprint density at radius 1 is 1.57 bits per heavy atom. The van der Waals surface area contributed by atoms with Crippen molar-refractivity contribution in [3.63, 3.8) is 0 Å². The van der Waals surface area contributed by atoms with Crippen molar-refractivity contribution in [1.29, 1.82) is 0 Å². The van der Waals surface area contributed by atoms with Crippen molar-refractivity contribution in [3.05, 3.63) is 22.4 Å². The molecule has 1 aromatic heterocycles. The van der Waals surface area contributed by atoms with Crippen LogP contribution in [0.1, 0.15) is 29.9 Å². The molecule has 3 N–H and O–H groups in total. The molecule has 1 fully saturated rings. The highest BCUT2D eigenvalue weighted by Crippen LogP contribution is 2.28. The number of halogens is 1. The van der Waals surface area contributed by atoms with Gasteiger partial charge >= 0.3 is 0 Å². The van der Waals surface area contributed by atoms with Crippen LogP contribution in [0.15, 0.2) is 17.5 Å². The second-order valence-electron chi connectivity index (χ2n) is 5.70. The van der Waals surface area contributed by atoms with E-state index in [-0.39, 0.29) is 29.6 Å². The van der Waals surface area contributed by atoms with E-state index >= 15 is 0 Å². The molecule has 2 heterocycles. The van der Waals surface area contributed by atoms with Gasteiger partial charge in [-0.05, 0) is 36.8 Å². The monoisotopic (exact) mass is 331 g/mol. The third-order valence-electron chi connectivity index (χ3n) is 3.83. The Morgan fingerprint density at radius 2 is 2.29 bits per heavy atom. The first-order valence-electron chi connectivity index (χ1n) is 6.78. The fraction of sp³-hybridized carbons (Fsp3) is 0.571. The van der Waals surface area contributed by atoms with E-state index in [1.165, 1.54) is 11.3 Å². The van der Waals surface area contributed by atoms with E-state index in [1.54, 1.807) is 17.9 Å². The standard InChI is InChI=1S/C14H21N3O2S.ClH/c1-10(16-12(18)11-4-3-7-20-11)13(19)17-6-5-14(2,8-15)9-17;/h3-4,7,10H,5-6,8-9,15H2,1-2H3,(H,16,18);1H. The molecule has 0 aromatic carbocycles. The van der Waals surface area contributed by atoms with E-state index in [0.29, 0.717) is 24.5 Å².